The van der Waals surface area contributed by atoms with Gasteiger partial charge in [-0.3, -0.25) is 9.59 Å². The molecule has 216 valence electrons. The first kappa shape index (κ1) is 30.0. The van der Waals surface area contributed by atoms with Gasteiger partial charge in [0, 0.05) is 48.9 Å². The smallest absolute Gasteiger partial charge is 0.261 e. The van der Waals surface area contributed by atoms with E-state index in [1.165, 1.54) is 4.90 Å². The fraction of sp³-hybridized carbons (Fsp3) is 0.312. The highest BCUT2D eigenvalue weighted by atomic mass is 35.5. The SMILES string of the molecule is CCOc1ccc(CN(CCc2c[nH]c3ccccc23)C(=O)CN(CCOC)C(=O)COc2ccc(Cl)cc2)cc1. The molecule has 1 N–H and O–H groups in total. The predicted octanol–water partition coefficient (Wildman–Crippen LogP) is 5.35. The van der Waals surface area contributed by atoms with Gasteiger partial charge >= 0.3 is 0 Å². The summed E-state index contributed by atoms with van der Waals surface area (Å²) < 4.78 is 16.4. The molecular formula is C32H36ClN3O5. The monoisotopic (exact) mass is 577 g/mol. The summed E-state index contributed by atoms with van der Waals surface area (Å²) in [5, 5.41) is 1.72. The van der Waals surface area contributed by atoms with Gasteiger partial charge in [0.1, 0.15) is 11.5 Å². The maximum Gasteiger partial charge on any atom is 0.261 e. The van der Waals surface area contributed by atoms with Gasteiger partial charge in [-0.2, -0.15) is 0 Å². The van der Waals surface area contributed by atoms with E-state index in [0.717, 1.165) is 27.8 Å². The van der Waals surface area contributed by atoms with Crippen LogP contribution >= 0.6 is 11.6 Å². The maximum absolute atomic E-state index is 13.7. The van der Waals surface area contributed by atoms with Gasteiger partial charge in [-0.1, -0.05) is 41.9 Å². The summed E-state index contributed by atoms with van der Waals surface area (Å²) in [5.41, 5.74) is 3.17. The van der Waals surface area contributed by atoms with E-state index in [2.05, 4.69) is 11.1 Å². The third-order valence-electron chi connectivity index (χ3n) is 6.71. The van der Waals surface area contributed by atoms with E-state index in [1.54, 1.807) is 36.3 Å². The minimum Gasteiger partial charge on any atom is -0.494 e. The van der Waals surface area contributed by atoms with Crippen LogP contribution in [0.2, 0.25) is 5.02 Å². The lowest BCUT2D eigenvalue weighted by Crippen LogP contribution is -2.46. The van der Waals surface area contributed by atoms with E-state index < -0.39 is 0 Å². The molecule has 0 spiro atoms. The maximum atomic E-state index is 13.7. The Morgan fingerprint density at radius 3 is 2.29 bits per heavy atom. The lowest BCUT2D eigenvalue weighted by molar-refractivity contribution is -0.142. The Morgan fingerprint density at radius 1 is 0.854 bits per heavy atom. The Labute approximate surface area is 245 Å². The number of ether oxygens (including phenoxy) is 3. The third kappa shape index (κ3) is 8.74. The summed E-state index contributed by atoms with van der Waals surface area (Å²) in [4.78, 5) is 33.4. The summed E-state index contributed by atoms with van der Waals surface area (Å²) in [6.07, 6.45) is 2.66. The molecule has 4 rings (SSSR count). The third-order valence-corrected chi connectivity index (χ3v) is 6.96. The Balaban J connectivity index is 1.47. The van der Waals surface area contributed by atoms with Crippen LogP contribution in [0.15, 0.2) is 79.0 Å². The van der Waals surface area contributed by atoms with Gasteiger partial charge in [0.05, 0.1) is 19.8 Å². The van der Waals surface area contributed by atoms with Crippen LogP contribution < -0.4 is 9.47 Å². The van der Waals surface area contributed by atoms with Gasteiger partial charge in [-0.15, -0.1) is 0 Å². The van der Waals surface area contributed by atoms with Gasteiger partial charge in [0.25, 0.3) is 5.91 Å². The molecule has 0 radical (unpaired) electrons. The van der Waals surface area contributed by atoms with Crippen molar-refractivity contribution in [2.45, 2.75) is 19.9 Å². The van der Waals surface area contributed by atoms with Crippen LogP contribution in [0, 0.1) is 0 Å². The van der Waals surface area contributed by atoms with Crippen LogP contribution in [0.4, 0.5) is 0 Å². The number of amides is 2. The highest BCUT2D eigenvalue weighted by molar-refractivity contribution is 6.30. The molecule has 4 aromatic rings. The van der Waals surface area contributed by atoms with Gasteiger partial charge in [0.2, 0.25) is 5.91 Å². The van der Waals surface area contributed by atoms with Crippen molar-refractivity contribution in [2.75, 3.05) is 46.6 Å². The number of fused-ring (bicyclic) bond motifs is 1. The summed E-state index contributed by atoms with van der Waals surface area (Å²) in [6.45, 7) is 3.70. The van der Waals surface area contributed by atoms with Gasteiger partial charge in [-0.05, 0) is 66.9 Å². The number of halogens is 1. The minimum absolute atomic E-state index is 0.0862. The van der Waals surface area contributed by atoms with Gasteiger partial charge in [0.15, 0.2) is 6.61 Å². The number of aromatic nitrogens is 1. The molecule has 0 atom stereocenters. The zero-order valence-electron chi connectivity index (χ0n) is 23.5. The van der Waals surface area contributed by atoms with E-state index in [0.29, 0.717) is 43.5 Å². The van der Waals surface area contributed by atoms with Gasteiger partial charge in [-0.25, -0.2) is 0 Å². The molecule has 2 amide bonds. The molecule has 0 aliphatic heterocycles. The second-order valence-electron chi connectivity index (χ2n) is 9.55. The van der Waals surface area contributed by atoms with Crippen molar-refractivity contribution < 1.29 is 23.8 Å². The quantitative estimate of drug-likeness (QED) is 0.206. The van der Waals surface area contributed by atoms with Crippen LogP contribution in [0.1, 0.15) is 18.1 Å². The molecule has 1 aromatic heterocycles. The van der Waals surface area contributed by atoms with Crippen LogP contribution in [0.3, 0.4) is 0 Å². The number of nitrogens with zero attached hydrogens (tertiary/aromatic N) is 2. The van der Waals surface area contributed by atoms with Crippen LogP contribution in [-0.4, -0.2) is 73.2 Å². The number of H-pyrrole nitrogens is 1. The molecule has 9 heteroatoms. The zero-order chi connectivity index (χ0) is 29.0. The number of hydrogen-bond donors (Lipinski definition) is 1. The van der Waals surface area contributed by atoms with Crippen molar-refractivity contribution >= 4 is 34.3 Å². The summed E-state index contributed by atoms with van der Waals surface area (Å²) in [5.74, 6) is 0.847. The Kier molecular flexibility index (Phi) is 11.0. The summed E-state index contributed by atoms with van der Waals surface area (Å²) in [6, 6.07) is 22.6. The van der Waals surface area contributed by atoms with Crippen LogP contribution in [-0.2, 0) is 27.3 Å². The average Bonchev–Trinajstić information content (AvgIpc) is 3.41. The summed E-state index contributed by atoms with van der Waals surface area (Å²) >= 11 is 5.94. The number of nitrogens with one attached hydrogen (secondary N) is 1. The van der Waals surface area contributed by atoms with Crippen molar-refractivity contribution in [3.63, 3.8) is 0 Å². The number of para-hydroxylation sites is 1. The van der Waals surface area contributed by atoms with E-state index in [4.69, 9.17) is 25.8 Å². The van der Waals surface area contributed by atoms with Crippen molar-refractivity contribution in [1.29, 1.82) is 0 Å². The second-order valence-corrected chi connectivity index (χ2v) is 9.99. The molecule has 0 saturated heterocycles. The Bertz CT molecular complexity index is 1410. The average molecular weight is 578 g/mol. The van der Waals surface area contributed by atoms with E-state index >= 15 is 0 Å². The first-order valence-corrected chi connectivity index (χ1v) is 14.0. The molecule has 41 heavy (non-hydrogen) atoms. The standard InChI is InChI=1S/C32H36ClN3O5/c1-3-40-27-12-8-24(9-13-27)21-35(17-16-25-20-34-30-7-5-4-6-29(25)30)31(37)22-36(18-19-39-2)32(38)23-41-28-14-10-26(33)11-15-28/h4-15,20,34H,3,16-19,21-23H2,1-2H3. The van der Waals surface area contributed by atoms with Crippen LogP contribution in [0.5, 0.6) is 11.5 Å². The molecule has 0 aliphatic carbocycles. The molecule has 0 aliphatic rings. The number of methoxy groups -OCH3 is 1. The van der Waals surface area contributed by atoms with E-state index in [-0.39, 0.29) is 31.5 Å². The molecule has 8 nitrogen and oxygen atoms in total. The van der Waals surface area contributed by atoms with Crippen molar-refractivity contribution in [3.05, 3.63) is 95.1 Å². The molecule has 0 fully saturated rings. The fourth-order valence-electron chi connectivity index (χ4n) is 4.49. The molecule has 3 aromatic carbocycles. The minimum atomic E-state index is -0.303. The van der Waals surface area contributed by atoms with Crippen molar-refractivity contribution in [1.82, 2.24) is 14.8 Å². The number of hydrogen-bond acceptors (Lipinski definition) is 5. The number of carbonyl (C=O) groups is 2. The Hall–Kier alpha value is -4.01. The first-order chi connectivity index (χ1) is 20.0. The number of benzene rings is 3. The van der Waals surface area contributed by atoms with Crippen LogP contribution in [0.25, 0.3) is 10.9 Å². The molecule has 0 saturated carbocycles. The van der Waals surface area contributed by atoms with E-state index in [1.807, 2.05) is 55.6 Å². The highest BCUT2D eigenvalue weighted by Crippen LogP contribution is 2.20. The lowest BCUT2D eigenvalue weighted by atomic mass is 10.1. The molecular weight excluding hydrogens is 542 g/mol. The predicted molar refractivity (Wildman–Crippen MR) is 160 cm³/mol. The molecule has 0 bridgehead atoms. The number of aromatic amines is 1. The van der Waals surface area contributed by atoms with Crippen molar-refractivity contribution in [3.8, 4) is 11.5 Å². The number of rotatable bonds is 15. The molecule has 1 heterocycles. The van der Waals surface area contributed by atoms with E-state index in [9.17, 15) is 9.59 Å². The molecule has 0 unspecified atom stereocenters. The zero-order valence-corrected chi connectivity index (χ0v) is 24.2. The second kappa shape index (κ2) is 15.1. The summed E-state index contributed by atoms with van der Waals surface area (Å²) in [7, 11) is 1.56. The largest absolute Gasteiger partial charge is 0.494 e. The van der Waals surface area contributed by atoms with Crippen molar-refractivity contribution in [2.24, 2.45) is 0 Å². The van der Waals surface area contributed by atoms with Gasteiger partial charge < -0.3 is 29.0 Å². The highest BCUT2D eigenvalue weighted by Gasteiger charge is 2.22. The fourth-order valence-corrected chi connectivity index (χ4v) is 4.61. The topological polar surface area (TPSA) is 84.1 Å². The normalized spacial score (nSPS) is 10.9. The lowest BCUT2D eigenvalue weighted by Gasteiger charge is -2.28. The Morgan fingerprint density at radius 2 is 1.56 bits per heavy atom. The first-order valence-electron chi connectivity index (χ1n) is 13.7. The number of carbonyl (C=O) groups excluding carboxylic acids is 2.